The predicted molar refractivity (Wildman–Crippen MR) is 120 cm³/mol. The molecule has 0 fully saturated rings. The Labute approximate surface area is 183 Å². The van der Waals surface area contributed by atoms with Crippen LogP contribution in [0.2, 0.25) is 0 Å². The molecule has 2 aliphatic heterocycles. The fourth-order valence-corrected chi connectivity index (χ4v) is 4.65. The Morgan fingerprint density at radius 3 is 2.52 bits per heavy atom. The van der Waals surface area contributed by atoms with Crippen LogP contribution in [-0.2, 0) is 20.9 Å². The zero-order chi connectivity index (χ0) is 22.1. The van der Waals surface area contributed by atoms with Gasteiger partial charge in [-0.15, -0.1) is 0 Å². The van der Waals surface area contributed by atoms with Gasteiger partial charge in [0.15, 0.2) is 5.78 Å². The summed E-state index contributed by atoms with van der Waals surface area (Å²) < 4.78 is 5.12. The van der Waals surface area contributed by atoms with Crippen molar-refractivity contribution >= 4 is 11.8 Å². The first-order chi connectivity index (χ1) is 14.9. The number of carbonyl (C=O) groups is 2. The van der Waals surface area contributed by atoms with Gasteiger partial charge in [0, 0.05) is 36.0 Å². The SMILES string of the molecule is COC(=O)C1=C(C)NC2=C(C(=O)CN(Cc3ccccc3)C2)C1c1cccc(C)c1C. The molecule has 4 rings (SSSR count). The summed E-state index contributed by atoms with van der Waals surface area (Å²) >= 11 is 0. The van der Waals surface area contributed by atoms with Gasteiger partial charge in [0.2, 0.25) is 0 Å². The highest BCUT2D eigenvalue weighted by Gasteiger charge is 2.41. The zero-order valence-electron chi connectivity index (χ0n) is 18.5. The zero-order valence-corrected chi connectivity index (χ0v) is 18.5. The maximum absolute atomic E-state index is 13.5. The van der Waals surface area contributed by atoms with Crippen molar-refractivity contribution in [2.24, 2.45) is 0 Å². The van der Waals surface area contributed by atoms with Gasteiger partial charge in [-0.3, -0.25) is 9.69 Å². The van der Waals surface area contributed by atoms with Crippen molar-refractivity contribution in [2.45, 2.75) is 33.2 Å². The third-order valence-corrected chi connectivity index (χ3v) is 6.31. The topological polar surface area (TPSA) is 58.6 Å². The van der Waals surface area contributed by atoms with E-state index in [0.717, 1.165) is 28.1 Å². The number of aryl methyl sites for hydroxylation is 1. The van der Waals surface area contributed by atoms with Gasteiger partial charge in [-0.1, -0.05) is 48.5 Å². The number of carbonyl (C=O) groups excluding carboxylic acids is 2. The lowest BCUT2D eigenvalue weighted by molar-refractivity contribution is -0.136. The van der Waals surface area contributed by atoms with Crippen molar-refractivity contribution in [2.75, 3.05) is 20.2 Å². The Bertz CT molecular complexity index is 1100. The number of allylic oxidation sites excluding steroid dienone is 1. The summed E-state index contributed by atoms with van der Waals surface area (Å²) in [5.41, 5.74) is 7.20. The van der Waals surface area contributed by atoms with Gasteiger partial charge < -0.3 is 10.1 Å². The van der Waals surface area contributed by atoms with Crippen molar-refractivity contribution in [3.63, 3.8) is 0 Å². The van der Waals surface area contributed by atoms with Crippen molar-refractivity contribution < 1.29 is 14.3 Å². The number of esters is 1. The summed E-state index contributed by atoms with van der Waals surface area (Å²) in [6.07, 6.45) is 0. The molecule has 0 bridgehead atoms. The first-order valence-electron chi connectivity index (χ1n) is 10.6. The summed E-state index contributed by atoms with van der Waals surface area (Å²) in [5, 5.41) is 3.36. The summed E-state index contributed by atoms with van der Waals surface area (Å²) in [4.78, 5) is 28.4. The van der Waals surface area contributed by atoms with Gasteiger partial charge >= 0.3 is 5.97 Å². The van der Waals surface area contributed by atoms with Crippen LogP contribution in [0.3, 0.4) is 0 Å². The maximum Gasteiger partial charge on any atom is 0.336 e. The molecule has 0 aliphatic carbocycles. The van der Waals surface area contributed by atoms with Gasteiger partial charge in [0.05, 0.1) is 19.2 Å². The van der Waals surface area contributed by atoms with E-state index in [1.165, 1.54) is 12.7 Å². The molecule has 0 aromatic heterocycles. The van der Waals surface area contributed by atoms with Gasteiger partial charge in [-0.2, -0.15) is 0 Å². The van der Waals surface area contributed by atoms with Crippen LogP contribution in [0, 0.1) is 13.8 Å². The van der Waals surface area contributed by atoms with E-state index in [1.54, 1.807) is 0 Å². The number of hydrogen-bond donors (Lipinski definition) is 1. The predicted octanol–water partition coefficient (Wildman–Crippen LogP) is 3.78. The second-order valence-electron chi connectivity index (χ2n) is 8.32. The largest absolute Gasteiger partial charge is 0.466 e. The molecule has 2 aromatic carbocycles. The highest BCUT2D eigenvalue weighted by atomic mass is 16.5. The molecule has 2 aliphatic rings. The molecule has 1 atom stereocenters. The Balaban J connectivity index is 1.78. The van der Waals surface area contributed by atoms with Crippen LogP contribution in [0.4, 0.5) is 0 Å². The summed E-state index contributed by atoms with van der Waals surface area (Å²) in [7, 11) is 1.39. The lowest BCUT2D eigenvalue weighted by Crippen LogP contribution is -2.45. The summed E-state index contributed by atoms with van der Waals surface area (Å²) in [6.45, 7) is 7.63. The van der Waals surface area contributed by atoms with Crippen molar-refractivity contribution in [1.82, 2.24) is 10.2 Å². The van der Waals surface area contributed by atoms with Gasteiger partial charge in [0.25, 0.3) is 0 Å². The third-order valence-electron chi connectivity index (χ3n) is 6.31. The Morgan fingerprint density at radius 1 is 1.06 bits per heavy atom. The van der Waals surface area contributed by atoms with E-state index in [1.807, 2.05) is 57.2 Å². The number of benzene rings is 2. The third kappa shape index (κ3) is 3.93. The molecule has 5 heteroatoms. The van der Waals surface area contributed by atoms with E-state index in [4.69, 9.17) is 4.74 Å². The van der Waals surface area contributed by atoms with Crippen LogP contribution in [0.1, 0.15) is 35.1 Å². The monoisotopic (exact) mass is 416 g/mol. The fourth-order valence-electron chi connectivity index (χ4n) is 4.65. The quantitative estimate of drug-likeness (QED) is 0.769. The van der Waals surface area contributed by atoms with E-state index < -0.39 is 11.9 Å². The van der Waals surface area contributed by atoms with Crippen LogP contribution >= 0.6 is 0 Å². The number of hydrogen-bond acceptors (Lipinski definition) is 5. The molecule has 1 unspecified atom stereocenters. The number of nitrogens with zero attached hydrogens (tertiary/aromatic N) is 1. The van der Waals surface area contributed by atoms with Gasteiger partial charge in [-0.05, 0) is 43.0 Å². The number of rotatable bonds is 4. The van der Waals surface area contributed by atoms with E-state index in [-0.39, 0.29) is 5.78 Å². The van der Waals surface area contributed by atoms with E-state index in [9.17, 15) is 9.59 Å². The molecule has 0 saturated heterocycles. The maximum atomic E-state index is 13.5. The number of methoxy groups -OCH3 is 1. The van der Waals surface area contributed by atoms with Gasteiger partial charge in [0.1, 0.15) is 0 Å². The lowest BCUT2D eigenvalue weighted by atomic mass is 9.75. The molecule has 160 valence electrons. The van der Waals surface area contributed by atoms with Crippen molar-refractivity contribution in [3.05, 3.63) is 93.3 Å². The molecule has 0 saturated carbocycles. The van der Waals surface area contributed by atoms with E-state index in [2.05, 4.69) is 22.3 Å². The lowest BCUT2D eigenvalue weighted by Gasteiger charge is -2.38. The molecule has 1 N–H and O–H groups in total. The van der Waals surface area contributed by atoms with E-state index in [0.29, 0.717) is 30.8 Å². The minimum atomic E-state index is -0.421. The molecule has 0 amide bonds. The van der Waals surface area contributed by atoms with E-state index >= 15 is 0 Å². The second-order valence-corrected chi connectivity index (χ2v) is 8.32. The smallest absolute Gasteiger partial charge is 0.336 e. The first kappa shape index (κ1) is 21.1. The average molecular weight is 417 g/mol. The van der Waals surface area contributed by atoms with Crippen molar-refractivity contribution in [3.8, 4) is 0 Å². The summed E-state index contributed by atoms with van der Waals surface area (Å²) in [6, 6.07) is 16.2. The summed E-state index contributed by atoms with van der Waals surface area (Å²) in [5.74, 6) is -0.776. The molecule has 2 aromatic rings. The Hall–Kier alpha value is -3.18. The highest BCUT2D eigenvalue weighted by molar-refractivity contribution is 6.05. The number of nitrogens with one attached hydrogen (secondary N) is 1. The minimum Gasteiger partial charge on any atom is -0.466 e. The molecule has 5 nitrogen and oxygen atoms in total. The standard InChI is InChI=1S/C26H28N2O3/c1-16-9-8-12-20(17(16)2)24-23(26(30)31-4)18(3)27-21-14-28(15-22(29)25(21)24)13-19-10-6-5-7-11-19/h5-12,24,27H,13-15H2,1-4H3. The van der Waals surface area contributed by atoms with Crippen molar-refractivity contribution in [1.29, 1.82) is 0 Å². The Kier molecular flexibility index (Phi) is 5.79. The fraction of sp³-hybridized carbons (Fsp3) is 0.308. The molecule has 0 radical (unpaired) electrons. The van der Waals surface area contributed by atoms with Crippen LogP contribution < -0.4 is 5.32 Å². The Morgan fingerprint density at radius 2 is 1.81 bits per heavy atom. The molecular formula is C26H28N2O3. The van der Waals surface area contributed by atoms with Crippen LogP contribution in [-0.4, -0.2) is 36.9 Å². The first-order valence-corrected chi connectivity index (χ1v) is 10.6. The average Bonchev–Trinajstić information content (AvgIpc) is 2.75. The normalized spacial score (nSPS) is 19.2. The number of ether oxygens (including phenoxy) is 1. The van der Waals surface area contributed by atoms with Crippen LogP contribution in [0.25, 0.3) is 0 Å². The molecule has 31 heavy (non-hydrogen) atoms. The van der Waals surface area contributed by atoms with Crippen LogP contribution in [0.5, 0.6) is 0 Å². The highest BCUT2D eigenvalue weighted by Crippen LogP contribution is 2.42. The number of ketones is 1. The molecule has 0 spiro atoms. The molecule has 2 heterocycles. The molecular weight excluding hydrogens is 388 g/mol. The minimum absolute atomic E-state index is 0.0458. The number of dihydropyridines is 1. The van der Waals surface area contributed by atoms with Crippen LogP contribution in [0.15, 0.2) is 71.1 Å². The number of Topliss-reactive ketones (excluding diaryl/α,β-unsaturated/α-hetero) is 1. The van der Waals surface area contributed by atoms with Gasteiger partial charge in [-0.25, -0.2) is 4.79 Å². The second kappa shape index (κ2) is 8.52.